The van der Waals surface area contributed by atoms with Crippen LogP contribution in [-0.4, -0.2) is 41.0 Å². The number of amides is 1. The van der Waals surface area contributed by atoms with E-state index in [1.165, 1.54) is 0 Å². The smallest absolute Gasteiger partial charge is 0.355 e. The number of hydrogen-bond acceptors (Lipinski definition) is 3. The molecular weight excluding hydrogens is 312 g/mol. The van der Waals surface area contributed by atoms with Gasteiger partial charge in [0.1, 0.15) is 5.69 Å². The zero-order valence-electron chi connectivity index (χ0n) is 10.8. The summed E-state index contributed by atoms with van der Waals surface area (Å²) >= 11 is 3.24. The molecule has 1 amide bonds. The van der Waals surface area contributed by atoms with Gasteiger partial charge in [0.15, 0.2) is 6.61 Å². The van der Waals surface area contributed by atoms with Crippen molar-refractivity contribution in [1.29, 1.82) is 0 Å². The van der Waals surface area contributed by atoms with Gasteiger partial charge in [-0.05, 0) is 48.2 Å². The Morgan fingerprint density at radius 1 is 1.53 bits per heavy atom. The molecule has 0 aliphatic carbocycles. The third-order valence-electron chi connectivity index (χ3n) is 3.32. The molecule has 1 N–H and O–H groups in total. The number of ether oxygens (including phenoxy) is 1. The van der Waals surface area contributed by atoms with Gasteiger partial charge in [-0.3, -0.25) is 4.79 Å². The molecule has 0 saturated carbocycles. The molecule has 1 fully saturated rings. The molecule has 1 aromatic heterocycles. The van der Waals surface area contributed by atoms with E-state index in [0.717, 1.165) is 30.3 Å². The highest BCUT2D eigenvalue weighted by Gasteiger charge is 2.24. The highest BCUT2D eigenvalue weighted by molar-refractivity contribution is 9.10. The quantitative estimate of drug-likeness (QED) is 0.866. The van der Waals surface area contributed by atoms with Crippen LogP contribution < -0.4 is 0 Å². The van der Waals surface area contributed by atoms with Crippen LogP contribution in [0.5, 0.6) is 0 Å². The number of carbonyl (C=O) groups excluding carboxylic acids is 2. The molecule has 2 heterocycles. The zero-order chi connectivity index (χ0) is 13.8. The van der Waals surface area contributed by atoms with Gasteiger partial charge in [0.2, 0.25) is 0 Å². The molecule has 1 atom stereocenters. The number of aromatic amines is 1. The normalized spacial score (nSPS) is 19.3. The van der Waals surface area contributed by atoms with E-state index >= 15 is 0 Å². The second kappa shape index (κ2) is 6.23. The molecule has 2 rings (SSSR count). The van der Waals surface area contributed by atoms with Gasteiger partial charge < -0.3 is 14.6 Å². The summed E-state index contributed by atoms with van der Waals surface area (Å²) in [6.07, 6.45) is 4.84. The SMILES string of the molecule is CC1CCCCN1C(=O)COC(=O)c1cc(Br)c[nH]1. The third-order valence-corrected chi connectivity index (χ3v) is 3.78. The first-order valence-corrected chi connectivity index (χ1v) is 7.17. The summed E-state index contributed by atoms with van der Waals surface area (Å²) in [4.78, 5) is 28.2. The van der Waals surface area contributed by atoms with Crippen LogP contribution in [0.15, 0.2) is 16.7 Å². The minimum absolute atomic E-state index is 0.119. The van der Waals surface area contributed by atoms with Crippen molar-refractivity contribution in [1.82, 2.24) is 9.88 Å². The summed E-state index contributed by atoms with van der Waals surface area (Å²) in [5.74, 6) is -0.630. The van der Waals surface area contributed by atoms with E-state index in [9.17, 15) is 9.59 Å². The lowest BCUT2D eigenvalue weighted by Gasteiger charge is -2.33. The molecule has 104 valence electrons. The Morgan fingerprint density at radius 3 is 2.95 bits per heavy atom. The van der Waals surface area contributed by atoms with Crippen LogP contribution in [0.2, 0.25) is 0 Å². The van der Waals surface area contributed by atoms with Crippen LogP contribution in [0.4, 0.5) is 0 Å². The minimum Gasteiger partial charge on any atom is -0.451 e. The van der Waals surface area contributed by atoms with Gasteiger partial charge in [0, 0.05) is 23.3 Å². The number of hydrogen-bond donors (Lipinski definition) is 1. The maximum atomic E-state index is 12.0. The fourth-order valence-electron chi connectivity index (χ4n) is 2.24. The zero-order valence-corrected chi connectivity index (χ0v) is 12.4. The minimum atomic E-state index is -0.510. The summed E-state index contributed by atoms with van der Waals surface area (Å²) in [7, 11) is 0. The van der Waals surface area contributed by atoms with E-state index in [1.54, 1.807) is 17.2 Å². The Kier molecular flexibility index (Phi) is 4.63. The second-order valence-corrected chi connectivity index (χ2v) is 5.66. The second-order valence-electron chi connectivity index (χ2n) is 4.74. The van der Waals surface area contributed by atoms with E-state index in [-0.39, 0.29) is 18.6 Å². The molecule has 1 saturated heterocycles. The lowest BCUT2D eigenvalue weighted by atomic mass is 10.0. The Morgan fingerprint density at radius 2 is 2.32 bits per heavy atom. The molecule has 1 aliphatic rings. The number of rotatable bonds is 3. The van der Waals surface area contributed by atoms with Gasteiger partial charge in [0.25, 0.3) is 5.91 Å². The lowest BCUT2D eigenvalue weighted by molar-refractivity contribution is -0.137. The molecule has 5 nitrogen and oxygen atoms in total. The molecule has 1 aromatic rings. The van der Waals surface area contributed by atoms with E-state index in [2.05, 4.69) is 20.9 Å². The van der Waals surface area contributed by atoms with Crippen molar-refractivity contribution in [2.75, 3.05) is 13.2 Å². The van der Waals surface area contributed by atoms with Crippen molar-refractivity contribution in [3.63, 3.8) is 0 Å². The molecule has 1 unspecified atom stereocenters. The average molecular weight is 329 g/mol. The van der Waals surface area contributed by atoms with Crippen LogP contribution >= 0.6 is 15.9 Å². The molecule has 0 radical (unpaired) electrons. The number of carbonyl (C=O) groups is 2. The predicted molar refractivity (Wildman–Crippen MR) is 73.8 cm³/mol. The van der Waals surface area contributed by atoms with Crippen molar-refractivity contribution in [3.05, 3.63) is 22.4 Å². The summed E-state index contributed by atoms with van der Waals surface area (Å²) in [6.45, 7) is 2.59. The van der Waals surface area contributed by atoms with Gasteiger partial charge in [-0.25, -0.2) is 4.79 Å². The summed E-state index contributed by atoms with van der Waals surface area (Å²) in [6, 6.07) is 1.86. The fraction of sp³-hybridized carbons (Fsp3) is 0.538. The first kappa shape index (κ1) is 14.1. The first-order chi connectivity index (χ1) is 9.08. The Bertz CT molecular complexity index is 472. The number of nitrogens with one attached hydrogen (secondary N) is 1. The Labute approximate surface area is 120 Å². The van der Waals surface area contributed by atoms with Gasteiger partial charge in [-0.15, -0.1) is 0 Å². The summed E-state index contributed by atoms with van der Waals surface area (Å²) in [5.41, 5.74) is 0.339. The monoisotopic (exact) mass is 328 g/mol. The van der Waals surface area contributed by atoms with Gasteiger partial charge in [-0.2, -0.15) is 0 Å². The van der Waals surface area contributed by atoms with Crippen LogP contribution in [0.25, 0.3) is 0 Å². The van der Waals surface area contributed by atoms with Crippen molar-refractivity contribution in [3.8, 4) is 0 Å². The number of aromatic nitrogens is 1. The molecule has 19 heavy (non-hydrogen) atoms. The Hall–Kier alpha value is -1.30. The highest BCUT2D eigenvalue weighted by atomic mass is 79.9. The van der Waals surface area contributed by atoms with Crippen LogP contribution in [0, 0.1) is 0 Å². The molecule has 0 spiro atoms. The number of halogens is 1. The summed E-state index contributed by atoms with van der Waals surface area (Å²) in [5, 5.41) is 0. The molecular formula is C13H17BrN2O3. The topological polar surface area (TPSA) is 62.4 Å². The van der Waals surface area contributed by atoms with Crippen molar-refractivity contribution in [2.24, 2.45) is 0 Å². The maximum absolute atomic E-state index is 12.0. The van der Waals surface area contributed by atoms with E-state index in [0.29, 0.717) is 5.69 Å². The first-order valence-electron chi connectivity index (χ1n) is 6.38. The average Bonchev–Trinajstić information content (AvgIpc) is 2.83. The van der Waals surface area contributed by atoms with Crippen molar-refractivity contribution in [2.45, 2.75) is 32.2 Å². The van der Waals surface area contributed by atoms with Gasteiger partial charge in [-0.1, -0.05) is 0 Å². The number of nitrogens with zero attached hydrogens (tertiary/aromatic N) is 1. The Balaban J connectivity index is 1.84. The number of esters is 1. The van der Waals surface area contributed by atoms with Crippen LogP contribution in [-0.2, 0) is 9.53 Å². The van der Waals surface area contributed by atoms with E-state index in [1.807, 2.05) is 6.92 Å². The van der Waals surface area contributed by atoms with Crippen molar-refractivity contribution >= 4 is 27.8 Å². The highest BCUT2D eigenvalue weighted by Crippen LogP contribution is 2.16. The lowest BCUT2D eigenvalue weighted by Crippen LogP contribution is -2.44. The predicted octanol–water partition coefficient (Wildman–Crippen LogP) is 2.33. The van der Waals surface area contributed by atoms with E-state index < -0.39 is 5.97 Å². The maximum Gasteiger partial charge on any atom is 0.355 e. The fourth-order valence-corrected chi connectivity index (χ4v) is 2.59. The summed E-state index contributed by atoms with van der Waals surface area (Å²) < 4.78 is 5.80. The van der Waals surface area contributed by atoms with E-state index in [4.69, 9.17) is 4.74 Å². The molecule has 0 aromatic carbocycles. The standard InChI is InChI=1S/C13H17BrN2O3/c1-9-4-2-3-5-16(9)12(17)8-19-13(18)11-6-10(14)7-15-11/h6-7,9,15H,2-5,8H2,1H3. The number of likely N-dealkylation sites (tertiary alicyclic amines) is 1. The molecule has 6 heteroatoms. The van der Waals surface area contributed by atoms with Crippen molar-refractivity contribution < 1.29 is 14.3 Å². The number of piperidine rings is 1. The molecule has 0 bridgehead atoms. The van der Waals surface area contributed by atoms with Crippen LogP contribution in [0.1, 0.15) is 36.7 Å². The largest absolute Gasteiger partial charge is 0.451 e. The number of H-pyrrole nitrogens is 1. The molecule has 1 aliphatic heterocycles. The van der Waals surface area contributed by atoms with Gasteiger partial charge in [0.05, 0.1) is 0 Å². The third kappa shape index (κ3) is 3.59. The van der Waals surface area contributed by atoms with Gasteiger partial charge >= 0.3 is 5.97 Å². The van der Waals surface area contributed by atoms with Crippen LogP contribution in [0.3, 0.4) is 0 Å².